The van der Waals surface area contributed by atoms with E-state index in [0.29, 0.717) is 11.8 Å². The van der Waals surface area contributed by atoms with Crippen LogP contribution in [0.4, 0.5) is 0 Å². The summed E-state index contributed by atoms with van der Waals surface area (Å²) in [7, 11) is 0. The molecule has 0 radical (unpaired) electrons. The van der Waals surface area contributed by atoms with Crippen LogP contribution in [0.15, 0.2) is 6.20 Å². The summed E-state index contributed by atoms with van der Waals surface area (Å²) >= 11 is 0. The Labute approximate surface area is 93.2 Å². The monoisotopic (exact) mass is 206 g/mol. The summed E-state index contributed by atoms with van der Waals surface area (Å²) in [5, 5.41) is 0. The van der Waals surface area contributed by atoms with Gasteiger partial charge in [-0.1, -0.05) is 27.7 Å². The van der Waals surface area contributed by atoms with Gasteiger partial charge in [0, 0.05) is 6.20 Å². The average molecular weight is 206 g/mol. The predicted molar refractivity (Wildman–Crippen MR) is 63.9 cm³/mol. The zero-order valence-electron chi connectivity index (χ0n) is 10.5. The molecule has 0 spiro atoms. The van der Waals surface area contributed by atoms with Crippen molar-refractivity contribution in [2.24, 2.45) is 11.8 Å². The van der Waals surface area contributed by atoms with Crippen LogP contribution in [0.25, 0.3) is 0 Å². The zero-order valence-corrected chi connectivity index (χ0v) is 10.5. The van der Waals surface area contributed by atoms with Crippen LogP contribution in [0.1, 0.15) is 44.8 Å². The van der Waals surface area contributed by atoms with Crippen molar-refractivity contribution in [3.63, 3.8) is 0 Å². The molecule has 0 saturated heterocycles. The van der Waals surface area contributed by atoms with E-state index in [1.165, 1.54) is 0 Å². The molecular weight excluding hydrogens is 184 g/mol. The molecule has 0 atom stereocenters. The highest BCUT2D eigenvalue weighted by atomic mass is 14.8. The van der Waals surface area contributed by atoms with E-state index in [1.54, 1.807) is 0 Å². The molecule has 1 heterocycles. The lowest BCUT2D eigenvalue weighted by atomic mass is 10.1. The fraction of sp³-hybridized carbons (Fsp3) is 0.692. The van der Waals surface area contributed by atoms with Gasteiger partial charge in [0.1, 0.15) is 0 Å². The average Bonchev–Trinajstić information content (AvgIpc) is 2.08. The van der Waals surface area contributed by atoms with Gasteiger partial charge in [-0.25, -0.2) is 0 Å². The summed E-state index contributed by atoms with van der Waals surface area (Å²) in [6.07, 6.45) is 3.99. The van der Waals surface area contributed by atoms with Crippen LogP contribution in [-0.2, 0) is 12.8 Å². The first-order valence-corrected chi connectivity index (χ1v) is 5.80. The first-order valence-electron chi connectivity index (χ1n) is 5.80. The van der Waals surface area contributed by atoms with Crippen molar-refractivity contribution in [2.75, 3.05) is 0 Å². The molecule has 0 aliphatic heterocycles. The summed E-state index contributed by atoms with van der Waals surface area (Å²) < 4.78 is 0. The highest BCUT2D eigenvalue weighted by Crippen LogP contribution is 2.11. The van der Waals surface area contributed by atoms with Gasteiger partial charge in [0.15, 0.2) is 0 Å². The molecule has 2 heteroatoms. The van der Waals surface area contributed by atoms with Crippen LogP contribution >= 0.6 is 0 Å². The molecule has 0 fully saturated rings. The Morgan fingerprint density at radius 2 is 1.67 bits per heavy atom. The minimum absolute atomic E-state index is 0.647. The van der Waals surface area contributed by atoms with Crippen molar-refractivity contribution in [1.29, 1.82) is 0 Å². The van der Waals surface area contributed by atoms with Crippen LogP contribution in [0.3, 0.4) is 0 Å². The Morgan fingerprint density at radius 3 is 2.13 bits per heavy atom. The minimum Gasteiger partial charge on any atom is -0.258 e. The molecule has 1 rings (SSSR count). The van der Waals surface area contributed by atoms with Crippen molar-refractivity contribution in [3.8, 4) is 0 Å². The molecule has 1 aromatic rings. The molecule has 15 heavy (non-hydrogen) atoms. The van der Waals surface area contributed by atoms with Crippen molar-refractivity contribution < 1.29 is 0 Å². The van der Waals surface area contributed by atoms with Crippen LogP contribution in [0.5, 0.6) is 0 Å². The second-order valence-electron chi connectivity index (χ2n) is 5.09. The van der Waals surface area contributed by atoms with Gasteiger partial charge in [0.25, 0.3) is 0 Å². The van der Waals surface area contributed by atoms with Crippen molar-refractivity contribution >= 4 is 0 Å². The normalized spacial score (nSPS) is 11.4. The maximum atomic E-state index is 4.60. The maximum absolute atomic E-state index is 4.60. The summed E-state index contributed by atoms with van der Waals surface area (Å²) in [4.78, 5) is 9.11. The fourth-order valence-corrected chi connectivity index (χ4v) is 1.66. The van der Waals surface area contributed by atoms with E-state index in [1.807, 2.05) is 6.20 Å². The van der Waals surface area contributed by atoms with Gasteiger partial charge >= 0.3 is 0 Å². The van der Waals surface area contributed by atoms with E-state index in [9.17, 15) is 0 Å². The fourth-order valence-electron chi connectivity index (χ4n) is 1.66. The smallest absolute Gasteiger partial charge is 0.0618 e. The van der Waals surface area contributed by atoms with E-state index in [4.69, 9.17) is 0 Å². The van der Waals surface area contributed by atoms with Crippen LogP contribution < -0.4 is 0 Å². The highest BCUT2D eigenvalue weighted by molar-refractivity contribution is 5.13. The van der Waals surface area contributed by atoms with Crippen LogP contribution in [0, 0.1) is 18.8 Å². The SMILES string of the molecule is Cc1nc(CC(C)C)cnc1CC(C)C. The third kappa shape index (κ3) is 3.98. The number of hydrogen-bond donors (Lipinski definition) is 0. The Kier molecular flexibility index (Phi) is 4.25. The van der Waals surface area contributed by atoms with Gasteiger partial charge in [-0.15, -0.1) is 0 Å². The van der Waals surface area contributed by atoms with E-state index < -0.39 is 0 Å². The molecule has 0 aromatic carbocycles. The molecule has 2 nitrogen and oxygen atoms in total. The van der Waals surface area contributed by atoms with Gasteiger partial charge in [-0.3, -0.25) is 9.97 Å². The molecular formula is C13H22N2. The number of aromatic nitrogens is 2. The summed E-state index contributed by atoms with van der Waals surface area (Å²) in [6.45, 7) is 10.9. The van der Waals surface area contributed by atoms with Gasteiger partial charge < -0.3 is 0 Å². The maximum Gasteiger partial charge on any atom is 0.0618 e. The topological polar surface area (TPSA) is 25.8 Å². The first-order chi connectivity index (χ1) is 6.99. The zero-order chi connectivity index (χ0) is 11.4. The summed E-state index contributed by atoms with van der Waals surface area (Å²) in [6, 6.07) is 0. The Balaban J connectivity index is 2.78. The molecule has 84 valence electrons. The van der Waals surface area contributed by atoms with Crippen LogP contribution in [-0.4, -0.2) is 9.97 Å². The molecule has 0 aliphatic rings. The molecule has 1 aromatic heterocycles. The van der Waals surface area contributed by atoms with Gasteiger partial charge in [-0.05, 0) is 31.6 Å². The number of aryl methyl sites for hydroxylation is 1. The second kappa shape index (κ2) is 5.24. The Morgan fingerprint density at radius 1 is 1.07 bits per heavy atom. The van der Waals surface area contributed by atoms with Crippen molar-refractivity contribution in [3.05, 3.63) is 23.3 Å². The Hall–Kier alpha value is -0.920. The molecule has 0 unspecified atom stereocenters. The highest BCUT2D eigenvalue weighted by Gasteiger charge is 2.06. The summed E-state index contributed by atoms with van der Waals surface area (Å²) in [5.41, 5.74) is 3.37. The van der Waals surface area contributed by atoms with E-state index in [-0.39, 0.29) is 0 Å². The number of rotatable bonds is 4. The molecule has 0 N–H and O–H groups in total. The van der Waals surface area contributed by atoms with Crippen molar-refractivity contribution in [1.82, 2.24) is 9.97 Å². The first kappa shape index (κ1) is 12.2. The van der Waals surface area contributed by atoms with Crippen molar-refractivity contribution in [2.45, 2.75) is 47.5 Å². The summed E-state index contributed by atoms with van der Waals surface area (Å²) in [5.74, 6) is 1.29. The second-order valence-corrected chi connectivity index (χ2v) is 5.09. The third-order valence-electron chi connectivity index (χ3n) is 2.32. The lowest BCUT2D eigenvalue weighted by Crippen LogP contribution is -2.06. The lowest BCUT2D eigenvalue weighted by molar-refractivity contribution is 0.612. The van der Waals surface area contributed by atoms with Gasteiger partial charge in [0.2, 0.25) is 0 Å². The standard InChI is InChI=1S/C13H22N2/c1-9(2)6-12-8-14-13(7-10(3)4)11(5)15-12/h8-10H,6-7H2,1-5H3. The lowest BCUT2D eigenvalue weighted by Gasteiger charge is -2.09. The molecule has 0 aliphatic carbocycles. The Bertz CT molecular complexity index is 316. The molecule has 0 saturated carbocycles. The van der Waals surface area contributed by atoms with Gasteiger partial charge in [-0.2, -0.15) is 0 Å². The van der Waals surface area contributed by atoms with E-state index in [0.717, 1.165) is 29.9 Å². The largest absolute Gasteiger partial charge is 0.258 e. The van der Waals surface area contributed by atoms with Gasteiger partial charge in [0.05, 0.1) is 17.1 Å². The number of nitrogens with zero attached hydrogens (tertiary/aromatic N) is 2. The molecule has 0 bridgehead atoms. The van der Waals surface area contributed by atoms with Crippen LogP contribution in [0.2, 0.25) is 0 Å². The minimum atomic E-state index is 0.647. The molecule has 0 amide bonds. The third-order valence-corrected chi connectivity index (χ3v) is 2.32. The quantitative estimate of drug-likeness (QED) is 0.756. The number of hydrogen-bond acceptors (Lipinski definition) is 2. The van der Waals surface area contributed by atoms with E-state index in [2.05, 4.69) is 44.6 Å². The van der Waals surface area contributed by atoms with E-state index >= 15 is 0 Å². The predicted octanol–water partition coefficient (Wildman–Crippen LogP) is 3.18.